The molecule has 4 N–H and O–H groups in total. The highest BCUT2D eigenvalue weighted by Gasteiger charge is 2.33. The average Bonchev–Trinajstić information content (AvgIpc) is 3.23. The first-order valence-electron chi connectivity index (χ1n) is 20.7. The lowest BCUT2D eigenvalue weighted by Gasteiger charge is -2.42. The highest BCUT2D eigenvalue weighted by Crippen LogP contribution is 2.32. The number of benzene rings is 2. The van der Waals surface area contributed by atoms with Crippen molar-refractivity contribution in [2.45, 2.75) is 94.8 Å². The largest absolute Gasteiger partial charge is 0.449 e. The normalized spacial score (nSPS) is 23.9. The van der Waals surface area contributed by atoms with Crippen LogP contribution in [0.2, 0.25) is 0 Å². The molecule has 5 fully saturated rings. The van der Waals surface area contributed by atoms with Gasteiger partial charge in [0.25, 0.3) is 0 Å². The number of amides is 4. The van der Waals surface area contributed by atoms with Gasteiger partial charge in [-0.1, -0.05) is 12.1 Å². The minimum absolute atomic E-state index is 0.0583. The Morgan fingerprint density at radius 1 is 0.828 bits per heavy atom. The second-order valence-electron chi connectivity index (χ2n) is 16.1. The molecule has 1 saturated carbocycles. The molecule has 308 valence electrons. The molecule has 0 bridgehead atoms. The Hall–Kier alpha value is -5.38. The van der Waals surface area contributed by atoms with Crippen LogP contribution in [0.1, 0.15) is 70.6 Å². The molecular formula is C42H51F2N9O5. The van der Waals surface area contributed by atoms with Gasteiger partial charge in [0.15, 0.2) is 5.82 Å². The highest BCUT2D eigenvalue weighted by atomic mass is 19.1. The van der Waals surface area contributed by atoms with E-state index in [4.69, 9.17) is 4.74 Å². The molecule has 4 aliphatic heterocycles. The van der Waals surface area contributed by atoms with Crippen molar-refractivity contribution in [3.63, 3.8) is 0 Å². The molecule has 16 heteroatoms. The van der Waals surface area contributed by atoms with Crippen LogP contribution in [0.15, 0.2) is 48.7 Å². The first kappa shape index (κ1) is 39.4. The molecule has 4 saturated heterocycles. The monoisotopic (exact) mass is 799 g/mol. The smallest absolute Gasteiger partial charge is 0.414 e. The van der Waals surface area contributed by atoms with E-state index in [0.717, 1.165) is 90.2 Å². The fraction of sp³-hybridized carbons (Fsp3) is 0.524. The molecule has 4 amide bonds. The molecule has 58 heavy (non-hydrogen) atoms. The number of aromatic nitrogens is 2. The van der Waals surface area contributed by atoms with Gasteiger partial charge in [0.05, 0.1) is 18.5 Å². The number of imide groups is 1. The van der Waals surface area contributed by atoms with Crippen molar-refractivity contribution in [2.24, 2.45) is 5.92 Å². The van der Waals surface area contributed by atoms with Crippen LogP contribution < -0.4 is 31.1 Å². The van der Waals surface area contributed by atoms with E-state index < -0.39 is 18.0 Å². The van der Waals surface area contributed by atoms with E-state index in [0.29, 0.717) is 54.2 Å². The number of likely N-dealkylation sites (tertiary alicyclic amines) is 1. The average molecular weight is 800 g/mol. The molecule has 5 aliphatic rings. The van der Waals surface area contributed by atoms with E-state index in [2.05, 4.69) is 41.0 Å². The lowest BCUT2D eigenvalue weighted by molar-refractivity contribution is -0.133. The number of anilines is 4. The third kappa shape index (κ3) is 9.16. The summed E-state index contributed by atoms with van der Waals surface area (Å²) >= 11 is 0. The molecule has 1 aliphatic carbocycles. The summed E-state index contributed by atoms with van der Waals surface area (Å²) in [7, 11) is 0. The van der Waals surface area contributed by atoms with Crippen LogP contribution in [0.5, 0.6) is 0 Å². The molecule has 14 nitrogen and oxygen atoms in total. The lowest BCUT2D eigenvalue weighted by Crippen LogP contribution is -2.52. The van der Waals surface area contributed by atoms with Crippen molar-refractivity contribution in [3.05, 3.63) is 60.3 Å². The van der Waals surface area contributed by atoms with Crippen LogP contribution in [-0.4, -0.2) is 102 Å². The summed E-state index contributed by atoms with van der Waals surface area (Å²) in [6, 6.07) is 12.1. The molecule has 5 heterocycles. The van der Waals surface area contributed by atoms with Crippen molar-refractivity contribution in [2.75, 3.05) is 59.8 Å². The van der Waals surface area contributed by atoms with Gasteiger partial charge in [-0.3, -0.25) is 24.6 Å². The summed E-state index contributed by atoms with van der Waals surface area (Å²) in [4.78, 5) is 64.0. The lowest BCUT2D eigenvalue weighted by atomic mass is 9.85. The molecule has 3 aromatic rings. The number of nitrogens with one attached hydrogen (secondary N) is 4. The molecule has 2 aromatic carbocycles. The zero-order valence-corrected chi connectivity index (χ0v) is 32.6. The van der Waals surface area contributed by atoms with E-state index in [1.807, 2.05) is 0 Å². The molecule has 8 rings (SSSR count). The van der Waals surface area contributed by atoms with Crippen molar-refractivity contribution in [1.29, 1.82) is 0 Å². The first-order chi connectivity index (χ1) is 28.2. The zero-order chi connectivity index (χ0) is 40.2. The zero-order valence-electron chi connectivity index (χ0n) is 32.6. The quantitative estimate of drug-likeness (QED) is 0.200. The summed E-state index contributed by atoms with van der Waals surface area (Å²) in [5, 5.41) is 12.1. The van der Waals surface area contributed by atoms with Gasteiger partial charge in [-0.15, -0.1) is 0 Å². The van der Waals surface area contributed by atoms with Crippen LogP contribution >= 0.6 is 0 Å². The third-order valence-corrected chi connectivity index (χ3v) is 12.3. The fourth-order valence-corrected chi connectivity index (χ4v) is 9.01. The minimum atomic E-state index is -0.561. The number of hydrogen-bond acceptors (Lipinski definition) is 11. The summed E-state index contributed by atoms with van der Waals surface area (Å²) < 4.78 is 35.3. The summed E-state index contributed by atoms with van der Waals surface area (Å²) in [5.41, 5.74) is 2.38. The van der Waals surface area contributed by atoms with Gasteiger partial charge in [0, 0.05) is 80.1 Å². The van der Waals surface area contributed by atoms with Crippen LogP contribution in [0.25, 0.3) is 11.3 Å². The Balaban J connectivity index is 0.754. The van der Waals surface area contributed by atoms with Crippen LogP contribution in [-0.2, 0) is 19.1 Å². The second kappa shape index (κ2) is 17.6. The van der Waals surface area contributed by atoms with Crippen molar-refractivity contribution >= 4 is 46.8 Å². The number of hydrogen-bond donors (Lipinski definition) is 4. The topological polar surface area (TPSA) is 161 Å². The maximum Gasteiger partial charge on any atom is 0.414 e. The maximum atomic E-state index is 15.2. The standard InChI is InChI=1S/C42H51F2N9O5/c43-33-24-30(46-35-10-12-37(54)49-40(35)56)9-11-36(33)52-20-15-31(16-21-52)51-18-13-29(14-19-51)47-39(55)26-5-7-28(8-6-26)48-41-45-25-34(44)38(50-41)27-3-1-4-32(23-27)53-17-2-22-58-42(53)57/h1,3-4,9,11,23-26,28-29,31,35,46H,2,5-8,10,12-22H2,(H,47,55)(H,45,48,50)(H,49,54,56)/t26-,28-,35?. The predicted octanol–water partition coefficient (Wildman–Crippen LogP) is 5.21. The Labute approximate surface area is 336 Å². The Morgan fingerprint density at radius 3 is 2.36 bits per heavy atom. The van der Waals surface area contributed by atoms with Gasteiger partial charge in [-0.05, 0) is 94.5 Å². The molecule has 1 atom stereocenters. The van der Waals surface area contributed by atoms with E-state index >= 15 is 4.39 Å². The van der Waals surface area contributed by atoms with E-state index in [9.17, 15) is 23.6 Å². The molecular weight excluding hydrogens is 749 g/mol. The van der Waals surface area contributed by atoms with Crippen molar-refractivity contribution in [3.8, 4) is 11.3 Å². The molecule has 0 spiro atoms. The number of carbonyl (C=O) groups is 4. The van der Waals surface area contributed by atoms with E-state index in [1.54, 1.807) is 36.4 Å². The van der Waals surface area contributed by atoms with E-state index in [-0.39, 0.29) is 53.7 Å². The van der Waals surface area contributed by atoms with E-state index in [1.165, 1.54) is 11.0 Å². The number of nitrogens with zero attached hydrogens (tertiary/aromatic N) is 5. The Morgan fingerprint density at radius 2 is 1.62 bits per heavy atom. The third-order valence-electron chi connectivity index (χ3n) is 12.3. The van der Waals surface area contributed by atoms with Gasteiger partial charge in [-0.25, -0.2) is 23.5 Å². The second-order valence-corrected chi connectivity index (χ2v) is 16.1. The number of halogens is 2. The SMILES string of the molecule is O=C1CCC(Nc2ccc(N3CCC(N4CCC(NC(=O)[C@H]5CC[C@H](Nc6ncc(F)c(-c7cccc(N8CCCOC8=O)c7)n6)CC5)CC4)CC3)c(F)c2)C(=O)N1. The van der Waals surface area contributed by atoms with Gasteiger partial charge >= 0.3 is 6.09 Å². The number of rotatable bonds is 10. The van der Waals surface area contributed by atoms with Gasteiger partial charge in [-0.2, -0.15) is 0 Å². The minimum Gasteiger partial charge on any atom is -0.449 e. The molecule has 1 aromatic heterocycles. The number of ether oxygens (including phenoxy) is 1. The Kier molecular flexibility index (Phi) is 12.0. The summed E-state index contributed by atoms with van der Waals surface area (Å²) in [6.45, 7) is 4.24. The van der Waals surface area contributed by atoms with Crippen molar-refractivity contribution < 1.29 is 32.7 Å². The number of piperidine rings is 3. The molecule has 0 radical (unpaired) electrons. The van der Waals surface area contributed by atoms with Crippen LogP contribution in [0, 0.1) is 17.6 Å². The summed E-state index contributed by atoms with van der Waals surface area (Å²) in [6.07, 6.45) is 8.77. The van der Waals surface area contributed by atoms with Gasteiger partial charge < -0.3 is 30.5 Å². The maximum absolute atomic E-state index is 15.2. The molecule has 1 unspecified atom stereocenters. The predicted molar refractivity (Wildman–Crippen MR) is 214 cm³/mol. The highest BCUT2D eigenvalue weighted by molar-refractivity contribution is 6.01. The summed E-state index contributed by atoms with van der Waals surface area (Å²) in [5.74, 6) is -1.18. The fourth-order valence-electron chi connectivity index (χ4n) is 9.01. The first-order valence-corrected chi connectivity index (χ1v) is 20.7. The van der Waals surface area contributed by atoms with Crippen LogP contribution in [0.4, 0.5) is 36.6 Å². The number of cyclic esters (lactones) is 1. The van der Waals surface area contributed by atoms with Gasteiger partial charge in [0.2, 0.25) is 23.7 Å². The van der Waals surface area contributed by atoms with Crippen LogP contribution in [0.3, 0.4) is 0 Å². The number of carbonyl (C=O) groups excluding carboxylic acids is 4. The van der Waals surface area contributed by atoms with Gasteiger partial charge in [0.1, 0.15) is 17.6 Å². The van der Waals surface area contributed by atoms with Crippen molar-refractivity contribution in [1.82, 2.24) is 25.5 Å². The Bertz CT molecular complexity index is 2000.